The molecule has 3 atom stereocenters. The van der Waals surface area contributed by atoms with Crippen LogP contribution in [0.15, 0.2) is 0 Å². The standard InChI is InChI=1S/C10H15FO3/c1-8(2)13-4-7(14-8)9(3)5-10(9,11)6-12/h6-7H,4-5H2,1-3H3/t7-,9+,10+/m1/s1. The summed E-state index contributed by atoms with van der Waals surface area (Å²) in [6.07, 6.45) is 0.322. The van der Waals surface area contributed by atoms with Gasteiger partial charge in [-0.1, -0.05) is 6.92 Å². The number of carbonyl (C=O) groups excluding carboxylic acids is 1. The van der Waals surface area contributed by atoms with Gasteiger partial charge >= 0.3 is 0 Å². The van der Waals surface area contributed by atoms with Gasteiger partial charge in [-0.2, -0.15) is 0 Å². The molecule has 4 heteroatoms. The van der Waals surface area contributed by atoms with Gasteiger partial charge in [-0.05, 0) is 13.8 Å². The Balaban J connectivity index is 2.09. The van der Waals surface area contributed by atoms with Crippen molar-refractivity contribution in [3.05, 3.63) is 0 Å². The van der Waals surface area contributed by atoms with E-state index in [1.54, 1.807) is 20.8 Å². The van der Waals surface area contributed by atoms with E-state index in [2.05, 4.69) is 0 Å². The third-order valence-corrected chi connectivity index (χ3v) is 3.35. The summed E-state index contributed by atoms with van der Waals surface area (Å²) < 4.78 is 24.6. The highest BCUT2D eigenvalue weighted by molar-refractivity contribution is 5.70. The molecular formula is C10H15FO3. The maximum atomic E-state index is 13.7. The Bertz CT molecular complexity index is 279. The number of alkyl halides is 1. The van der Waals surface area contributed by atoms with E-state index in [1.165, 1.54) is 0 Å². The van der Waals surface area contributed by atoms with E-state index in [0.29, 0.717) is 12.9 Å². The molecule has 0 unspecified atom stereocenters. The maximum absolute atomic E-state index is 13.7. The van der Waals surface area contributed by atoms with E-state index in [1.807, 2.05) is 0 Å². The summed E-state index contributed by atoms with van der Waals surface area (Å²) >= 11 is 0. The average molecular weight is 202 g/mol. The van der Waals surface area contributed by atoms with Gasteiger partial charge in [0.2, 0.25) is 0 Å². The summed E-state index contributed by atoms with van der Waals surface area (Å²) in [5.41, 5.74) is -2.40. The van der Waals surface area contributed by atoms with E-state index in [-0.39, 0.29) is 12.5 Å². The van der Waals surface area contributed by atoms with Crippen LogP contribution in [0.25, 0.3) is 0 Å². The Morgan fingerprint density at radius 2 is 2.07 bits per heavy atom. The number of ether oxygens (including phenoxy) is 2. The lowest BCUT2D eigenvalue weighted by Gasteiger charge is -2.21. The van der Waals surface area contributed by atoms with Crippen molar-refractivity contribution in [3.8, 4) is 0 Å². The first-order chi connectivity index (χ1) is 6.33. The molecular weight excluding hydrogens is 187 g/mol. The molecule has 80 valence electrons. The SMILES string of the molecule is CC1(C)OC[C@H]([C@]2(C)C[C@]2(F)C=O)O1. The van der Waals surface area contributed by atoms with Crippen LogP contribution in [-0.2, 0) is 14.3 Å². The summed E-state index contributed by atoms with van der Waals surface area (Å²) in [5.74, 6) is -0.653. The van der Waals surface area contributed by atoms with Crippen LogP contribution in [0.4, 0.5) is 4.39 Å². The lowest BCUT2D eigenvalue weighted by molar-refractivity contribution is -0.149. The minimum absolute atomic E-state index is 0.244. The van der Waals surface area contributed by atoms with Crippen molar-refractivity contribution in [2.24, 2.45) is 5.41 Å². The molecule has 14 heavy (non-hydrogen) atoms. The van der Waals surface area contributed by atoms with Gasteiger partial charge in [0.25, 0.3) is 0 Å². The Morgan fingerprint density at radius 1 is 1.43 bits per heavy atom. The van der Waals surface area contributed by atoms with Crippen LogP contribution in [-0.4, -0.2) is 30.5 Å². The zero-order valence-electron chi connectivity index (χ0n) is 8.67. The number of hydrogen-bond acceptors (Lipinski definition) is 3. The molecule has 0 radical (unpaired) electrons. The monoisotopic (exact) mass is 202 g/mol. The fraction of sp³-hybridized carbons (Fsp3) is 0.900. The second kappa shape index (κ2) is 2.55. The lowest BCUT2D eigenvalue weighted by Crippen LogP contribution is -2.31. The van der Waals surface area contributed by atoms with Crippen molar-refractivity contribution < 1.29 is 18.7 Å². The first-order valence-corrected chi connectivity index (χ1v) is 4.80. The molecule has 0 amide bonds. The van der Waals surface area contributed by atoms with Crippen LogP contribution in [0.2, 0.25) is 0 Å². The molecule has 0 spiro atoms. The zero-order valence-corrected chi connectivity index (χ0v) is 8.67. The van der Waals surface area contributed by atoms with Crippen LogP contribution in [0.3, 0.4) is 0 Å². The number of hydrogen-bond donors (Lipinski definition) is 0. The number of halogens is 1. The molecule has 2 fully saturated rings. The first-order valence-electron chi connectivity index (χ1n) is 4.80. The summed E-state index contributed by atoms with van der Waals surface area (Å²) in [5, 5.41) is 0. The van der Waals surface area contributed by atoms with Crippen molar-refractivity contribution in [1.82, 2.24) is 0 Å². The average Bonchev–Trinajstić information content (AvgIpc) is 2.48. The van der Waals surface area contributed by atoms with E-state index in [9.17, 15) is 9.18 Å². The summed E-state index contributed by atoms with van der Waals surface area (Å²) in [7, 11) is 0. The third kappa shape index (κ3) is 1.21. The highest BCUT2D eigenvalue weighted by Gasteiger charge is 2.71. The highest BCUT2D eigenvalue weighted by atomic mass is 19.1. The van der Waals surface area contributed by atoms with E-state index in [4.69, 9.17) is 9.47 Å². The third-order valence-electron chi connectivity index (χ3n) is 3.35. The minimum atomic E-state index is -1.71. The van der Waals surface area contributed by atoms with E-state index >= 15 is 0 Å². The van der Waals surface area contributed by atoms with Gasteiger partial charge in [-0.15, -0.1) is 0 Å². The Hall–Kier alpha value is -0.480. The normalized spacial score (nSPS) is 50.4. The number of rotatable bonds is 2. The molecule has 1 aliphatic heterocycles. The molecule has 2 aliphatic rings. The molecule has 2 rings (SSSR count). The Labute approximate surface area is 82.6 Å². The van der Waals surface area contributed by atoms with Crippen molar-refractivity contribution in [2.75, 3.05) is 6.61 Å². The van der Waals surface area contributed by atoms with Crippen LogP contribution >= 0.6 is 0 Å². The topological polar surface area (TPSA) is 35.5 Å². The van der Waals surface area contributed by atoms with Crippen molar-refractivity contribution in [2.45, 2.75) is 44.8 Å². The van der Waals surface area contributed by atoms with Crippen LogP contribution in [0, 0.1) is 5.41 Å². The Kier molecular flexibility index (Phi) is 1.83. The van der Waals surface area contributed by atoms with Crippen molar-refractivity contribution in [3.63, 3.8) is 0 Å². The second-order valence-electron chi connectivity index (χ2n) is 4.89. The second-order valence-corrected chi connectivity index (χ2v) is 4.89. The minimum Gasteiger partial charge on any atom is -0.348 e. The molecule has 1 saturated carbocycles. The molecule has 0 aromatic rings. The fourth-order valence-corrected chi connectivity index (χ4v) is 2.05. The van der Waals surface area contributed by atoms with Crippen LogP contribution < -0.4 is 0 Å². The van der Waals surface area contributed by atoms with Gasteiger partial charge in [0.05, 0.1) is 12.7 Å². The van der Waals surface area contributed by atoms with Gasteiger partial charge in [0.1, 0.15) is 0 Å². The fourth-order valence-electron chi connectivity index (χ4n) is 2.05. The zero-order chi connectivity index (χ0) is 10.6. The molecule has 1 saturated heterocycles. The Morgan fingerprint density at radius 3 is 2.43 bits per heavy atom. The van der Waals surface area contributed by atoms with Gasteiger partial charge in [-0.3, -0.25) is 4.79 Å². The summed E-state index contributed by atoms with van der Waals surface area (Å²) in [4.78, 5) is 10.6. The van der Waals surface area contributed by atoms with E-state index < -0.39 is 16.9 Å². The summed E-state index contributed by atoms with van der Waals surface area (Å²) in [6.45, 7) is 5.68. The van der Waals surface area contributed by atoms with Crippen molar-refractivity contribution in [1.29, 1.82) is 0 Å². The van der Waals surface area contributed by atoms with Gasteiger partial charge < -0.3 is 9.47 Å². The molecule has 0 aromatic heterocycles. The molecule has 0 bridgehead atoms. The smallest absolute Gasteiger partial charge is 0.174 e. The number of carbonyl (C=O) groups is 1. The largest absolute Gasteiger partial charge is 0.348 e. The molecule has 1 heterocycles. The van der Waals surface area contributed by atoms with Crippen LogP contribution in [0.1, 0.15) is 27.2 Å². The van der Waals surface area contributed by atoms with Crippen LogP contribution in [0.5, 0.6) is 0 Å². The van der Waals surface area contributed by atoms with Gasteiger partial charge in [0.15, 0.2) is 17.7 Å². The quantitative estimate of drug-likeness (QED) is 0.636. The number of aldehydes is 1. The predicted octanol–water partition coefficient (Wildman–Crippen LogP) is 1.46. The van der Waals surface area contributed by atoms with Crippen molar-refractivity contribution >= 4 is 6.29 Å². The van der Waals surface area contributed by atoms with E-state index in [0.717, 1.165) is 0 Å². The molecule has 0 aromatic carbocycles. The molecule has 3 nitrogen and oxygen atoms in total. The highest BCUT2D eigenvalue weighted by Crippen LogP contribution is 2.62. The first kappa shape index (κ1) is 10.1. The molecule has 0 N–H and O–H groups in total. The summed E-state index contributed by atoms with van der Waals surface area (Å²) in [6, 6.07) is 0. The van der Waals surface area contributed by atoms with Gasteiger partial charge in [-0.25, -0.2) is 4.39 Å². The maximum Gasteiger partial charge on any atom is 0.174 e. The van der Waals surface area contributed by atoms with Gasteiger partial charge in [0, 0.05) is 11.8 Å². The lowest BCUT2D eigenvalue weighted by atomic mass is 9.98. The predicted molar refractivity (Wildman–Crippen MR) is 47.5 cm³/mol. The molecule has 1 aliphatic carbocycles.